The van der Waals surface area contributed by atoms with Crippen LogP contribution in [-0.4, -0.2) is 32.4 Å². The molecule has 0 radical (unpaired) electrons. The van der Waals surface area contributed by atoms with Crippen molar-refractivity contribution in [2.75, 3.05) is 13.7 Å². The van der Waals surface area contributed by atoms with E-state index in [-0.39, 0.29) is 6.02 Å². The number of hydrogen-bond donors (Lipinski definition) is 0. The molecule has 0 fully saturated rings. The highest BCUT2D eigenvalue weighted by atomic mass is 32.2. The van der Waals surface area contributed by atoms with Gasteiger partial charge in [-0.1, -0.05) is 42.5 Å². The van der Waals surface area contributed by atoms with Crippen molar-refractivity contribution in [3.8, 4) is 0 Å². The van der Waals surface area contributed by atoms with Crippen LogP contribution in [0.3, 0.4) is 0 Å². The Morgan fingerprint density at radius 1 is 0.966 bits per heavy atom. The second-order valence-corrected chi connectivity index (χ2v) is 9.35. The van der Waals surface area contributed by atoms with Gasteiger partial charge in [0.25, 0.3) is 10.0 Å². The van der Waals surface area contributed by atoms with Gasteiger partial charge in [-0.25, -0.2) is 17.7 Å². The van der Waals surface area contributed by atoms with Crippen LogP contribution in [0.2, 0.25) is 0 Å². The molecule has 1 unspecified atom stereocenters. The van der Waals surface area contributed by atoms with Gasteiger partial charge in [0.1, 0.15) is 0 Å². The summed E-state index contributed by atoms with van der Waals surface area (Å²) in [6, 6.07) is 19.3. The highest BCUT2D eigenvalue weighted by Crippen LogP contribution is 2.35. The van der Waals surface area contributed by atoms with E-state index in [1.807, 2.05) is 54.6 Å². The van der Waals surface area contributed by atoms with E-state index in [9.17, 15) is 8.42 Å². The number of aliphatic imine (C=N–C) groups is 1. The summed E-state index contributed by atoms with van der Waals surface area (Å²) in [5.41, 5.74) is 3.28. The number of amidine groups is 1. The molecular weight excluding hydrogens is 384 g/mol. The summed E-state index contributed by atoms with van der Waals surface area (Å²) in [5.74, 6) is 0. The molecule has 0 spiro atoms. The first-order valence-electron chi connectivity index (χ1n) is 9.81. The van der Waals surface area contributed by atoms with Crippen molar-refractivity contribution in [3.05, 3.63) is 77.4 Å². The number of ether oxygens (including phenoxy) is 1. The molecule has 0 saturated heterocycles. The molecule has 6 heteroatoms. The van der Waals surface area contributed by atoms with Crippen LogP contribution in [0.5, 0.6) is 0 Å². The molecule has 3 aromatic carbocycles. The summed E-state index contributed by atoms with van der Waals surface area (Å²) in [7, 11) is -2.33. The molecule has 1 aliphatic heterocycles. The number of methoxy groups -OCH3 is 1. The average Bonchev–Trinajstić information content (AvgIpc) is 3.39. The second-order valence-electron chi connectivity index (χ2n) is 7.53. The lowest BCUT2D eigenvalue weighted by Crippen LogP contribution is -2.37. The van der Waals surface area contributed by atoms with Crippen molar-refractivity contribution in [2.45, 2.75) is 30.2 Å². The Morgan fingerprint density at radius 3 is 2.59 bits per heavy atom. The van der Waals surface area contributed by atoms with Crippen molar-refractivity contribution in [1.82, 2.24) is 4.31 Å². The molecular formula is C23H22N2O3S. The smallest absolute Gasteiger partial charge is 0.302 e. The first-order valence-corrected chi connectivity index (χ1v) is 11.3. The van der Waals surface area contributed by atoms with Gasteiger partial charge in [0, 0.05) is 0 Å². The summed E-state index contributed by atoms with van der Waals surface area (Å²) in [5, 5.41) is 2.20. The van der Waals surface area contributed by atoms with Gasteiger partial charge in [-0.3, -0.25) is 0 Å². The fraction of sp³-hybridized carbons (Fsp3) is 0.261. The first kappa shape index (κ1) is 18.2. The fourth-order valence-electron chi connectivity index (χ4n) is 4.34. The lowest BCUT2D eigenvalue weighted by atomic mass is 10.0. The lowest BCUT2D eigenvalue weighted by molar-refractivity contribution is 0.333. The van der Waals surface area contributed by atoms with E-state index in [1.54, 1.807) is 6.07 Å². The third-order valence-corrected chi connectivity index (χ3v) is 7.62. The summed E-state index contributed by atoms with van der Waals surface area (Å²) in [6.45, 7) is 0.339. The minimum atomic E-state index is -3.79. The largest absolute Gasteiger partial charge is 0.468 e. The molecule has 5 nitrogen and oxygen atoms in total. The molecule has 5 rings (SSSR count). The van der Waals surface area contributed by atoms with Gasteiger partial charge in [0.05, 0.1) is 24.6 Å². The molecule has 148 valence electrons. The minimum absolute atomic E-state index is 0.142. The van der Waals surface area contributed by atoms with Gasteiger partial charge in [-0.15, -0.1) is 0 Å². The molecule has 29 heavy (non-hydrogen) atoms. The molecule has 0 saturated carbocycles. The van der Waals surface area contributed by atoms with Gasteiger partial charge in [-0.05, 0) is 64.9 Å². The highest BCUT2D eigenvalue weighted by Gasteiger charge is 2.40. The minimum Gasteiger partial charge on any atom is -0.468 e. The van der Waals surface area contributed by atoms with Crippen LogP contribution in [0.4, 0.5) is 0 Å². The Bertz CT molecular complexity index is 1230. The predicted octanol–water partition coefficient (Wildman–Crippen LogP) is 4.08. The Morgan fingerprint density at radius 2 is 1.76 bits per heavy atom. The summed E-state index contributed by atoms with van der Waals surface area (Å²) < 4.78 is 33.9. The lowest BCUT2D eigenvalue weighted by Gasteiger charge is -2.26. The number of rotatable bonds is 3. The maximum atomic E-state index is 13.6. The van der Waals surface area contributed by atoms with Crippen molar-refractivity contribution in [2.24, 2.45) is 4.99 Å². The molecule has 1 heterocycles. The van der Waals surface area contributed by atoms with Crippen LogP contribution in [-0.2, 0) is 27.6 Å². The quantitative estimate of drug-likeness (QED) is 0.659. The zero-order valence-electron chi connectivity index (χ0n) is 16.2. The molecule has 1 atom stereocenters. The van der Waals surface area contributed by atoms with Crippen molar-refractivity contribution >= 4 is 26.8 Å². The molecule has 0 bridgehead atoms. The molecule has 2 aliphatic rings. The Hall–Kier alpha value is -2.86. The van der Waals surface area contributed by atoms with Crippen molar-refractivity contribution in [1.29, 1.82) is 0 Å². The highest BCUT2D eigenvalue weighted by molar-refractivity contribution is 7.89. The standard InChI is InChI=1S/C23H22N2O3S/c1-28-23-24-15-22(20-10-9-16-5-2-3-6-18(16)13-20)25(23)29(26,27)21-12-11-17-7-4-8-19(17)14-21/h2-3,5-6,9-14,22H,4,7-8,15H2,1H3. The summed E-state index contributed by atoms with van der Waals surface area (Å²) >= 11 is 0. The van der Waals surface area contributed by atoms with E-state index in [1.165, 1.54) is 17.0 Å². The van der Waals surface area contributed by atoms with Gasteiger partial charge in [0.2, 0.25) is 0 Å². The van der Waals surface area contributed by atoms with Crippen LogP contribution < -0.4 is 0 Å². The van der Waals surface area contributed by atoms with E-state index in [0.29, 0.717) is 11.4 Å². The van der Waals surface area contributed by atoms with E-state index in [0.717, 1.165) is 41.2 Å². The third kappa shape index (κ3) is 2.99. The van der Waals surface area contributed by atoms with Crippen LogP contribution in [0.15, 0.2) is 70.6 Å². The fourth-order valence-corrected chi connectivity index (χ4v) is 5.96. The van der Waals surface area contributed by atoms with E-state index in [2.05, 4.69) is 4.99 Å². The molecule has 1 aliphatic carbocycles. The normalized spacial score (nSPS) is 18.7. The van der Waals surface area contributed by atoms with E-state index < -0.39 is 16.1 Å². The van der Waals surface area contributed by atoms with Crippen LogP contribution in [0.1, 0.15) is 29.2 Å². The van der Waals surface area contributed by atoms with Crippen LogP contribution >= 0.6 is 0 Å². The Balaban J connectivity index is 1.58. The molecule has 3 aromatic rings. The number of nitrogens with zero attached hydrogens (tertiary/aromatic N) is 2. The van der Waals surface area contributed by atoms with Crippen molar-refractivity contribution in [3.63, 3.8) is 0 Å². The zero-order valence-corrected chi connectivity index (χ0v) is 17.0. The number of aryl methyl sites for hydroxylation is 2. The number of sulfonamides is 1. The van der Waals surface area contributed by atoms with Gasteiger partial charge in [0.15, 0.2) is 0 Å². The average molecular weight is 407 g/mol. The number of benzene rings is 3. The zero-order chi connectivity index (χ0) is 20.0. The van der Waals surface area contributed by atoms with E-state index in [4.69, 9.17) is 4.74 Å². The molecule has 0 amide bonds. The maximum Gasteiger partial charge on any atom is 0.302 e. The topological polar surface area (TPSA) is 59.0 Å². The van der Waals surface area contributed by atoms with E-state index >= 15 is 0 Å². The SMILES string of the molecule is COC1=NCC(c2ccc3ccccc3c2)N1S(=O)(=O)c1ccc2c(c1)CCC2. The van der Waals surface area contributed by atoms with Gasteiger partial charge >= 0.3 is 6.02 Å². The Kier molecular flexibility index (Phi) is 4.32. The maximum absolute atomic E-state index is 13.6. The second kappa shape index (κ2) is 6.88. The predicted molar refractivity (Wildman–Crippen MR) is 113 cm³/mol. The van der Waals surface area contributed by atoms with Gasteiger partial charge < -0.3 is 4.74 Å². The van der Waals surface area contributed by atoms with Crippen LogP contribution in [0.25, 0.3) is 10.8 Å². The van der Waals surface area contributed by atoms with Crippen molar-refractivity contribution < 1.29 is 13.2 Å². The Labute approximate surface area is 170 Å². The number of fused-ring (bicyclic) bond motifs is 2. The van der Waals surface area contributed by atoms with Crippen LogP contribution in [0, 0.1) is 0 Å². The molecule has 0 N–H and O–H groups in total. The molecule has 0 aromatic heterocycles. The monoisotopic (exact) mass is 406 g/mol. The number of hydrogen-bond acceptors (Lipinski definition) is 4. The van der Waals surface area contributed by atoms with Gasteiger partial charge in [-0.2, -0.15) is 0 Å². The summed E-state index contributed by atoms with van der Waals surface area (Å²) in [6.07, 6.45) is 3.02. The first-order chi connectivity index (χ1) is 14.1. The third-order valence-electron chi connectivity index (χ3n) is 5.84. The summed E-state index contributed by atoms with van der Waals surface area (Å²) in [4.78, 5) is 4.68.